The molecule has 0 atom stereocenters. The summed E-state index contributed by atoms with van der Waals surface area (Å²) in [6.07, 6.45) is 1.63. The quantitative estimate of drug-likeness (QED) is 0.701. The largest absolute Gasteiger partial charge is 0.506 e. The molecule has 0 bridgehead atoms. The van der Waals surface area contributed by atoms with Crippen LogP contribution < -0.4 is 10.5 Å². The van der Waals surface area contributed by atoms with Crippen LogP contribution in [0.5, 0.6) is 5.75 Å². The van der Waals surface area contributed by atoms with E-state index in [1.807, 2.05) is 4.90 Å². The Bertz CT molecular complexity index is 1160. The van der Waals surface area contributed by atoms with Crippen LogP contribution in [0.2, 0.25) is 0 Å². The number of para-hydroxylation sites is 1. The van der Waals surface area contributed by atoms with Gasteiger partial charge in [-0.1, -0.05) is 12.1 Å². The molecular weight excluding hydrogens is 358 g/mol. The fraction of sp³-hybridized carbons (Fsp3) is 0.200. The third-order valence-electron chi connectivity index (χ3n) is 4.88. The Morgan fingerprint density at radius 1 is 1.14 bits per heavy atom. The number of fused-ring (bicyclic) bond motifs is 1. The van der Waals surface area contributed by atoms with E-state index in [1.165, 1.54) is 4.90 Å². The van der Waals surface area contributed by atoms with Crippen LogP contribution in [-0.4, -0.2) is 52.1 Å². The predicted octanol–water partition coefficient (Wildman–Crippen LogP) is 1.46. The minimum atomic E-state index is -0.611. The van der Waals surface area contributed by atoms with Gasteiger partial charge < -0.3 is 19.9 Å². The number of aromatic nitrogens is 2. The van der Waals surface area contributed by atoms with Crippen LogP contribution in [0.15, 0.2) is 47.4 Å². The minimum absolute atomic E-state index is 0.247. The number of aromatic hydroxyl groups is 1. The monoisotopic (exact) mass is 375 g/mol. The maximum absolute atomic E-state index is 12.9. The molecule has 0 unspecified atom stereocenters. The molecule has 140 valence electrons. The normalized spacial score (nSPS) is 14.1. The van der Waals surface area contributed by atoms with Crippen LogP contribution >= 0.6 is 0 Å². The van der Waals surface area contributed by atoms with Crippen LogP contribution in [0, 0.1) is 11.3 Å². The number of aromatic amines is 1. The maximum atomic E-state index is 12.9. The lowest BCUT2D eigenvalue weighted by Crippen LogP contribution is -2.50. The number of H-pyrrole nitrogens is 1. The lowest BCUT2D eigenvalue weighted by atomic mass is 10.1. The lowest BCUT2D eigenvalue weighted by Gasteiger charge is -2.35. The number of hydrogen-bond acceptors (Lipinski definition) is 6. The first-order valence-electron chi connectivity index (χ1n) is 8.83. The highest BCUT2D eigenvalue weighted by Gasteiger charge is 2.28. The van der Waals surface area contributed by atoms with Gasteiger partial charge in [0.1, 0.15) is 23.2 Å². The number of benzene rings is 1. The summed E-state index contributed by atoms with van der Waals surface area (Å²) < 4.78 is 0. The average Bonchev–Trinajstić information content (AvgIpc) is 2.73. The molecule has 3 heterocycles. The Labute approximate surface area is 160 Å². The summed E-state index contributed by atoms with van der Waals surface area (Å²) in [6.45, 7) is 1.66. The summed E-state index contributed by atoms with van der Waals surface area (Å²) in [5.74, 6) is -0.225. The van der Waals surface area contributed by atoms with Crippen molar-refractivity contribution >= 4 is 22.6 Å². The topological polar surface area (TPSA) is 113 Å². The molecule has 4 rings (SSSR count). The molecule has 2 N–H and O–H groups in total. The van der Waals surface area contributed by atoms with E-state index < -0.39 is 11.5 Å². The van der Waals surface area contributed by atoms with E-state index in [9.17, 15) is 20.0 Å². The summed E-state index contributed by atoms with van der Waals surface area (Å²) in [6, 6.07) is 12.3. The molecule has 3 aromatic rings. The standard InChI is InChI=1S/C20H17N5O3/c21-12-13-4-3-7-22-18(13)24-8-10-25(11-9-24)20(28)16-17(26)14-5-1-2-6-15(14)23-19(16)27/h1-7H,8-11H2,(H2,23,26,27). The number of anilines is 1. The molecule has 1 fully saturated rings. The molecule has 2 aromatic heterocycles. The third-order valence-corrected chi connectivity index (χ3v) is 4.88. The summed E-state index contributed by atoms with van der Waals surface area (Å²) in [4.78, 5) is 35.7. The van der Waals surface area contributed by atoms with Gasteiger partial charge in [0.05, 0.1) is 11.1 Å². The second kappa shape index (κ2) is 7.04. The van der Waals surface area contributed by atoms with E-state index >= 15 is 0 Å². The van der Waals surface area contributed by atoms with Crippen molar-refractivity contribution in [3.05, 3.63) is 64.1 Å². The van der Waals surface area contributed by atoms with Crippen LogP contribution in [0.1, 0.15) is 15.9 Å². The molecular formula is C20H17N5O3. The van der Waals surface area contributed by atoms with Gasteiger partial charge >= 0.3 is 0 Å². The molecule has 1 aromatic carbocycles. The van der Waals surface area contributed by atoms with Gasteiger partial charge in [-0.2, -0.15) is 5.26 Å². The summed E-state index contributed by atoms with van der Waals surface area (Å²) >= 11 is 0. The van der Waals surface area contributed by atoms with Crippen molar-refractivity contribution in [2.45, 2.75) is 0 Å². The van der Waals surface area contributed by atoms with Gasteiger partial charge in [0.15, 0.2) is 0 Å². The molecule has 1 amide bonds. The van der Waals surface area contributed by atoms with E-state index in [0.717, 1.165) is 0 Å². The molecule has 0 spiro atoms. The fourth-order valence-electron chi connectivity index (χ4n) is 3.44. The third kappa shape index (κ3) is 2.93. The zero-order valence-electron chi connectivity index (χ0n) is 14.9. The Kier molecular flexibility index (Phi) is 4.41. The SMILES string of the molecule is N#Cc1cccnc1N1CCN(C(=O)c2c(O)c3ccccc3[nH]c2=O)CC1. The van der Waals surface area contributed by atoms with Crippen molar-refractivity contribution in [3.8, 4) is 11.8 Å². The zero-order chi connectivity index (χ0) is 19.7. The lowest BCUT2D eigenvalue weighted by molar-refractivity contribution is 0.0742. The van der Waals surface area contributed by atoms with Crippen LogP contribution in [0.4, 0.5) is 5.82 Å². The van der Waals surface area contributed by atoms with E-state index in [-0.39, 0.29) is 11.3 Å². The van der Waals surface area contributed by atoms with Crippen LogP contribution in [0.25, 0.3) is 10.9 Å². The van der Waals surface area contributed by atoms with Gasteiger partial charge in [-0.15, -0.1) is 0 Å². The van der Waals surface area contributed by atoms with E-state index in [0.29, 0.717) is 48.5 Å². The van der Waals surface area contributed by atoms with E-state index in [4.69, 9.17) is 0 Å². The van der Waals surface area contributed by atoms with Crippen molar-refractivity contribution < 1.29 is 9.90 Å². The highest BCUT2D eigenvalue weighted by Crippen LogP contribution is 2.26. The first-order chi connectivity index (χ1) is 13.6. The predicted molar refractivity (Wildman–Crippen MR) is 103 cm³/mol. The number of hydrogen-bond donors (Lipinski definition) is 2. The number of piperazine rings is 1. The molecule has 0 radical (unpaired) electrons. The first kappa shape index (κ1) is 17.5. The number of pyridine rings is 2. The molecule has 8 nitrogen and oxygen atoms in total. The maximum Gasteiger partial charge on any atom is 0.265 e. The number of rotatable bonds is 2. The Morgan fingerprint density at radius 3 is 2.64 bits per heavy atom. The van der Waals surface area contributed by atoms with Crippen LogP contribution in [0.3, 0.4) is 0 Å². The van der Waals surface area contributed by atoms with Gasteiger partial charge in [-0.3, -0.25) is 9.59 Å². The highest BCUT2D eigenvalue weighted by atomic mass is 16.3. The molecule has 1 aliphatic heterocycles. The summed E-state index contributed by atoms with van der Waals surface area (Å²) in [5, 5.41) is 20.2. The second-order valence-electron chi connectivity index (χ2n) is 6.49. The number of carbonyl (C=O) groups is 1. The molecule has 1 aliphatic rings. The van der Waals surface area contributed by atoms with Crippen LogP contribution in [-0.2, 0) is 0 Å². The zero-order valence-corrected chi connectivity index (χ0v) is 14.9. The van der Waals surface area contributed by atoms with Gasteiger partial charge in [0, 0.05) is 37.8 Å². The van der Waals surface area contributed by atoms with Gasteiger partial charge in [-0.05, 0) is 24.3 Å². The second-order valence-corrected chi connectivity index (χ2v) is 6.49. The molecule has 0 aliphatic carbocycles. The van der Waals surface area contributed by atoms with Gasteiger partial charge in [0.2, 0.25) is 0 Å². The fourth-order valence-corrected chi connectivity index (χ4v) is 3.44. The van der Waals surface area contributed by atoms with Crippen molar-refractivity contribution in [1.82, 2.24) is 14.9 Å². The van der Waals surface area contributed by atoms with Gasteiger partial charge in [0.25, 0.3) is 11.5 Å². The Morgan fingerprint density at radius 2 is 1.89 bits per heavy atom. The van der Waals surface area contributed by atoms with E-state index in [2.05, 4.69) is 16.0 Å². The van der Waals surface area contributed by atoms with Crippen molar-refractivity contribution in [1.29, 1.82) is 5.26 Å². The number of nitriles is 1. The summed E-state index contributed by atoms with van der Waals surface area (Å²) in [5.41, 5.74) is 0.0965. The molecule has 8 heteroatoms. The highest BCUT2D eigenvalue weighted by molar-refractivity contribution is 6.02. The van der Waals surface area contributed by atoms with Gasteiger partial charge in [-0.25, -0.2) is 4.98 Å². The Balaban J connectivity index is 1.58. The smallest absolute Gasteiger partial charge is 0.265 e. The molecule has 28 heavy (non-hydrogen) atoms. The molecule has 0 saturated carbocycles. The minimum Gasteiger partial charge on any atom is -0.506 e. The van der Waals surface area contributed by atoms with Crippen molar-refractivity contribution in [3.63, 3.8) is 0 Å². The number of nitrogens with one attached hydrogen (secondary N) is 1. The number of amides is 1. The number of carbonyl (C=O) groups excluding carboxylic acids is 1. The number of nitrogens with zero attached hydrogens (tertiary/aromatic N) is 4. The van der Waals surface area contributed by atoms with Crippen molar-refractivity contribution in [2.24, 2.45) is 0 Å². The average molecular weight is 375 g/mol. The molecule has 1 saturated heterocycles. The Hall–Kier alpha value is -3.86. The van der Waals surface area contributed by atoms with E-state index in [1.54, 1.807) is 42.6 Å². The summed E-state index contributed by atoms with van der Waals surface area (Å²) in [7, 11) is 0. The first-order valence-corrected chi connectivity index (χ1v) is 8.83. The van der Waals surface area contributed by atoms with Crippen molar-refractivity contribution in [2.75, 3.05) is 31.1 Å².